The summed E-state index contributed by atoms with van der Waals surface area (Å²) in [6.07, 6.45) is 2.42. The Labute approximate surface area is 106 Å². The molecule has 1 aromatic rings. The van der Waals surface area contributed by atoms with Crippen LogP contribution in [0.1, 0.15) is 46.1 Å². The predicted molar refractivity (Wildman–Crippen MR) is 76.5 cm³/mol. The average molecular weight is 234 g/mol. The van der Waals surface area contributed by atoms with E-state index in [9.17, 15) is 0 Å². The molecule has 1 unspecified atom stereocenters. The first-order valence-electron chi connectivity index (χ1n) is 6.56. The Hall–Kier alpha value is -1.02. The molecule has 0 saturated heterocycles. The molecule has 96 valence electrons. The van der Waals surface area contributed by atoms with E-state index in [-0.39, 0.29) is 5.41 Å². The fourth-order valence-electron chi connectivity index (χ4n) is 1.93. The maximum Gasteiger partial charge on any atom is 0.0342 e. The fraction of sp³-hybridized carbons (Fsp3) is 0.600. The third kappa shape index (κ3) is 4.04. The number of rotatable bonds is 6. The largest absolute Gasteiger partial charge is 0.383 e. The standard InChI is InChI=1S/C15H26N2/c1-5-6-12(2)17-14-9-7-13(8-10-14)15(3,4)11-16/h7-10,12,17H,5-6,11,16H2,1-4H3. The Morgan fingerprint density at radius 1 is 1.24 bits per heavy atom. The monoisotopic (exact) mass is 234 g/mol. The number of hydrogen-bond donors (Lipinski definition) is 2. The zero-order valence-corrected chi connectivity index (χ0v) is 11.6. The number of hydrogen-bond acceptors (Lipinski definition) is 2. The van der Waals surface area contributed by atoms with E-state index in [1.54, 1.807) is 0 Å². The minimum atomic E-state index is 0.0631. The highest BCUT2D eigenvalue weighted by molar-refractivity contribution is 5.46. The van der Waals surface area contributed by atoms with E-state index in [1.165, 1.54) is 24.1 Å². The maximum atomic E-state index is 5.78. The van der Waals surface area contributed by atoms with Gasteiger partial charge in [0.1, 0.15) is 0 Å². The van der Waals surface area contributed by atoms with Crippen LogP contribution in [-0.4, -0.2) is 12.6 Å². The molecule has 1 aromatic carbocycles. The molecule has 0 heterocycles. The van der Waals surface area contributed by atoms with E-state index in [4.69, 9.17) is 5.73 Å². The van der Waals surface area contributed by atoms with Crippen molar-refractivity contribution in [3.05, 3.63) is 29.8 Å². The van der Waals surface area contributed by atoms with Gasteiger partial charge in [0.2, 0.25) is 0 Å². The van der Waals surface area contributed by atoms with Crippen molar-refractivity contribution < 1.29 is 0 Å². The van der Waals surface area contributed by atoms with E-state index >= 15 is 0 Å². The minimum Gasteiger partial charge on any atom is -0.383 e. The van der Waals surface area contributed by atoms with Crippen molar-refractivity contribution in [1.29, 1.82) is 0 Å². The zero-order chi connectivity index (χ0) is 12.9. The smallest absolute Gasteiger partial charge is 0.0342 e. The zero-order valence-electron chi connectivity index (χ0n) is 11.6. The van der Waals surface area contributed by atoms with Crippen LogP contribution in [0.3, 0.4) is 0 Å². The van der Waals surface area contributed by atoms with Gasteiger partial charge in [0, 0.05) is 23.7 Å². The lowest BCUT2D eigenvalue weighted by Gasteiger charge is -2.23. The Balaban J connectivity index is 2.68. The van der Waals surface area contributed by atoms with Crippen molar-refractivity contribution in [2.24, 2.45) is 5.73 Å². The quantitative estimate of drug-likeness (QED) is 0.790. The molecule has 0 spiro atoms. The van der Waals surface area contributed by atoms with Crippen molar-refractivity contribution in [2.75, 3.05) is 11.9 Å². The lowest BCUT2D eigenvalue weighted by molar-refractivity contribution is 0.539. The number of benzene rings is 1. The molecule has 17 heavy (non-hydrogen) atoms. The summed E-state index contributed by atoms with van der Waals surface area (Å²) < 4.78 is 0. The maximum absolute atomic E-state index is 5.78. The van der Waals surface area contributed by atoms with Crippen LogP contribution in [-0.2, 0) is 5.41 Å². The van der Waals surface area contributed by atoms with Gasteiger partial charge in [-0.05, 0) is 31.0 Å². The highest BCUT2D eigenvalue weighted by atomic mass is 14.9. The number of anilines is 1. The molecule has 0 bridgehead atoms. The average Bonchev–Trinajstić information content (AvgIpc) is 2.30. The van der Waals surface area contributed by atoms with Crippen LogP contribution in [0.4, 0.5) is 5.69 Å². The summed E-state index contributed by atoms with van der Waals surface area (Å²) in [4.78, 5) is 0. The molecular weight excluding hydrogens is 208 g/mol. The molecule has 0 aliphatic rings. The van der Waals surface area contributed by atoms with E-state index in [0.29, 0.717) is 12.6 Å². The van der Waals surface area contributed by atoms with Gasteiger partial charge in [-0.2, -0.15) is 0 Å². The lowest BCUT2D eigenvalue weighted by atomic mass is 9.85. The van der Waals surface area contributed by atoms with Crippen LogP contribution in [0, 0.1) is 0 Å². The summed E-state index contributed by atoms with van der Waals surface area (Å²) >= 11 is 0. The van der Waals surface area contributed by atoms with E-state index in [0.717, 1.165) is 0 Å². The Kier molecular flexibility index (Phi) is 5.01. The minimum absolute atomic E-state index is 0.0631. The Morgan fingerprint density at radius 3 is 2.29 bits per heavy atom. The van der Waals surface area contributed by atoms with Crippen LogP contribution in [0.15, 0.2) is 24.3 Å². The first kappa shape index (κ1) is 14.0. The summed E-state index contributed by atoms with van der Waals surface area (Å²) in [6.45, 7) is 9.46. The van der Waals surface area contributed by atoms with Crippen molar-refractivity contribution >= 4 is 5.69 Å². The molecule has 2 heteroatoms. The molecule has 0 radical (unpaired) electrons. The summed E-state index contributed by atoms with van der Waals surface area (Å²) in [5.41, 5.74) is 8.34. The highest BCUT2D eigenvalue weighted by Gasteiger charge is 2.17. The van der Waals surface area contributed by atoms with E-state index < -0.39 is 0 Å². The summed E-state index contributed by atoms with van der Waals surface area (Å²) in [7, 11) is 0. The van der Waals surface area contributed by atoms with Gasteiger partial charge in [0.25, 0.3) is 0 Å². The van der Waals surface area contributed by atoms with E-state index in [2.05, 4.69) is 57.3 Å². The second-order valence-electron chi connectivity index (χ2n) is 5.50. The molecule has 3 N–H and O–H groups in total. The van der Waals surface area contributed by atoms with Gasteiger partial charge >= 0.3 is 0 Å². The van der Waals surface area contributed by atoms with Crippen LogP contribution in [0.25, 0.3) is 0 Å². The Morgan fingerprint density at radius 2 is 1.82 bits per heavy atom. The van der Waals surface area contributed by atoms with Gasteiger partial charge in [0.05, 0.1) is 0 Å². The van der Waals surface area contributed by atoms with Crippen LogP contribution < -0.4 is 11.1 Å². The topological polar surface area (TPSA) is 38.0 Å². The first-order valence-corrected chi connectivity index (χ1v) is 6.56. The van der Waals surface area contributed by atoms with Crippen LogP contribution in [0.2, 0.25) is 0 Å². The molecule has 2 nitrogen and oxygen atoms in total. The molecule has 1 atom stereocenters. The summed E-state index contributed by atoms with van der Waals surface area (Å²) in [5.74, 6) is 0. The molecule has 0 fully saturated rings. The second-order valence-corrected chi connectivity index (χ2v) is 5.50. The molecule has 0 aliphatic carbocycles. The van der Waals surface area contributed by atoms with Crippen molar-refractivity contribution in [3.8, 4) is 0 Å². The van der Waals surface area contributed by atoms with Gasteiger partial charge in [0.15, 0.2) is 0 Å². The number of nitrogens with one attached hydrogen (secondary N) is 1. The van der Waals surface area contributed by atoms with Gasteiger partial charge < -0.3 is 11.1 Å². The highest BCUT2D eigenvalue weighted by Crippen LogP contribution is 2.23. The third-order valence-electron chi connectivity index (χ3n) is 3.31. The van der Waals surface area contributed by atoms with Gasteiger partial charge in [-0.15, -0.1) is 0 Å². The van der Waals surface area contributed by atoms with Crippen molar-refractivity contribution in [2.45, 2.75) is 52.0 Å². The lowest BCUT2D eigenvalue weighted by Crippen LogP contribution is -2.28. The fourth-order valence-corrected chi connectivity index (χ4v) is 1.93. The van der Waals surface area contributed by atoms with E-state index in [1.807, 2.05) is 0 Å². The molecule has 0 saturated carbocycles. The molecule has 1 rings (SSSR count). The third-order valence-corrected chi connectivity index (χ3v) is 3.31. The first-order chi connectivity index (χ1) is 7.99. The molecule has 0 amide bonds. The summed E-state index contributed by atoms with van der Waals surface area (Å²) in [6, 6.07) is 9.19. The van der Waals surface area contributed by atoms with Crippen LogP contribution in [0.5, 0.6) is 0 Å². The van der Waals surface area contributed by atoms with Crippen molar-refractivity contribution in [3.63, 3.8) is 0 Å². The molecule has 0 aromatic heterocycles. The van der Waals surface area contributed by atoms with Gasteiger partial charge in [-0.1, -0.05) is 39.3 Å². The normalized spacial score (nSPS) is 13.5. The Bertz CT molecular complexity index is 327. The molecular formula is C15H26N2. The van der Waals surface area contributed by atoms with Gasteiger partial charge in [-0.3, -0.25) is 0 Å². The van der Waals surface area contributed by atoms with Gasteiger partial charge in [-0.25, -0.2) is 0 Å². The predicted octanol–water partition coefficient (Wildman–Crippen LogP) is 3.52. The second kappa shape index (κ2) is 6.06. The molecule has 0 aliphatic heterocycles. The summed E-state index contributed by atoms with van der Waals surface area (Å²) in [5, 5.41) is 3.51. The number of nitrogens with two attached hydrogens (primary N) is 1. The van der Waals surface area contributed by atoms with Crippen molar-refractivity contribution in [1.82, 2.24) is 0 Å². The SMILES string of the molecule is CCCC(C)Nc1ccc(C(C)(C)CN)cc1. The van der Waals surface area contributed by atoms with Crippen LogP contribution >= 0.6 is 0 Å².